The first-order chi connectivity index (χ1) is 13.5. The maximum absolute atomic E-state index is 13.4. The van der Waals surface area contributed by atoms with Crippen LogP contribution in [-0.2, 0) is 16.4 Å². The number of para-hydroxylation sites is 1. The molecule has 156 valence electrons. The van der Waals surface area contributed by atoms with Crippen molar-refractivity contribution in [3.8, 4) is 0 Å². The van der Waals surface area contributed by atoms with Crippen LogP contribution in [0.5, 0.6) is 0 Å². The zero-order valence-electron chi connectivity index (χ0n) is 16.4. The quantitative estimate of drug-likeness (QED) is 0.804. The summed E-state index contributed by atoms with van der Waals surface area (Å²) in [4.78, 5) is 14.9. The Morgan fingerprint density at radius 1 is 1.10 bits per heavy atom. The molecule has 1 saturated heterocycles. The molecule has 1 atom stereocenters. The Labute approximate surface area is 178 Å². The number of nitrogens with zero attached hydrogens (tertiary/aromatic N) is 2. The number of halogens is 1. The lowest BCUT2D eigenvalue weighted by Crippen LogP contribution is -2.52. The third-order valence-corrected chi connectivity index (χ3v) is 7.31. The molecule has 2 aliphatic rings. The number of fused-ring (bicyclic) bond motifs is 1. The van der Waals surface area contributed by atoms with Gasteiger partial charge in [0.05, 0.1) is 10.6 Å². The van der Waals surface area contributed by atoms with Gasteiger partial charge in [0.15, 0.2) is 0 Å². The van der Waals surface area contributed by atoms with E-state index in [9.17, 15) is 13.2 Å². The van der Waals surface area contributed by atoms with Gasteiger partial charge in [-0.1, -0.05) is 24.3 Å². The number of carbonyl (C=O) groups is 1. The monoisotopic (exact) mass is 435 g/mol. The minimum Gasteiger partial charge on any atom is -0.333 e. The number of rotatable bonds is 3. The molecule has 0 saturated carbocycles. The van der Waals surface area contributed by atoms with E-state index in [0.29, 0.717) is 18.7 Å². The minimum absolute atomic E-state index is 0. The van der Waals surface area contributed by atoms with Gasteiger partial charge in [-0.15, -0.1) is 12.4 Å². The number of anilines is 1. The third-order valence-electron chi connectivity index (χ3n) is 5.50. The van der Waals surface area contributed by atoms with Crippen LogP contribution in [0.1, 0.15) is 29.3 Å². The van der Waals surface area contributed by atoms with Gasteiger partial charge in [0.25, 0.3) is 15.9 Å². The van der Waals surface area contributed by atoms with E-state index in [-0.39, 0.29) is 29.3 Å². The Morgan fingerprint density at radius 2 is 1.90 bits per heavy atom. The van der Waals surface area contributed by atoms with Gasteiger partial charge in [-0.05, 0) is 49.6 Å². The van der Waals surface area contributed by atoms with Gasteiger partial charge in [0, 0.05) is 37.8 Å². The summed E-state index contributed by atoms with van der Waals surface area (Å²) in [5, 5.41) is 3.26. The molecule has 4 rings (SSSR count). The minimum atomic E-state index is -3.73. The number of nitrogens with one attached hydrogen (secondary N) is 1. The van der Waals surface area contributed by atoms with E-state index in [1.54, 1.807) is 23.1 Å². The Kier molecular flexibility index (Phi) is 6.51. The maximum atomic E-state index is 13.4. The zero-order valence-corrected chi connectivity index (χ0v) is 18.0. The van der Waals surface area contributed by atoms with Gasteiger partial charge in [-0.2, -0.15) is 0 Å². The van der Waals surface area contributed by atoms with Crippen LogP contribution in [-0.4, -0.2) is 51.4 Å². The molecule has 6 nitrogen and oxygen atoms in total. The average Bonchev–Trinajstić information content (AvgIpc) is 2.73. The summed E-state index contributed by atoms with van der Waals surface area (Å²) in [5.41, 5.74) is 2.19. The normalized spacial score (nSPS) is 19.3. The number of aryl methyl sites for hydroxylation is 1. The van der Waals surface area contributed by atoms with E-state index in [4.69, 9.17) is 0 Å². The Hall–Kier alpha value is -2.09. The second-order valence-electron chi connectivity index (χ2n) is 7.39. The van der Waals surface area contributed by atoms with Crippen molar-refractivity contribution < 1.29 is 13.2 Å². The third kappa shape index (κ3) is 4.13. The molecule has 2 heterocycles. The SMILES string of the molecule is CC1CNCCN1C(=O)c1cccc(S(=O)(=O)N2CCCc3ccccc32)c1.Cl. The predicted octanol–water partition coefficient (Wildman–Crippen LogP) is 2.68. The molecule has 0 aromatic heterocycles. The number of amides is 1. The first-order valence-electron chi connectivity index (χ1n) is 9.71. The molecule has 2 aliphatic heterocycles. The van der Waals surface area contributed by atoms with E-state index in [0.717, 1.165) is 37.2 Å². The number of sulfonamides is 1. The second kappa shape index (κ2) is 8.73. The zero-order chi connectivity index (χ0) is 19.7. The first kappa shape index (κ1) is 21.6. The Balaban J connectivity index is 0.00000240. The number of piperazine rings is 1. The van der Waals surface area contributed by atoms with Crippen molar-refractivity contribution in [2.24, 2.45) is 0 Å². The predicted molar refractivity (Wildman–Crippen MR) is 116 cm³/mol. The van der Waals surface area contributed by atoms with Crippen LogP contribution < -0.4 is 9.62 Å². The van der Waals surface area contributed by atoms with Gasteiger partial charge in [0.2, 0.25) is 0 Å². The van der Waals surface area contributed by atoms with Crippen LogP contribution in [0.2, 0.25) is 0 Å². The van der Waals surface area contributed by atoms with Crippen LogP contribution in [0.4, 0.5) is 5.69 Å². The molecular formula is C21H26ClN3O3S. The van der Waals surface area contributed by atoms with Crippen LogP contribution in [0, 0.1) is 0 Å². The standard InChI is InChI=1S/C21H25N3O3S.ClH/c1-16-15-22-11-13-23(16)21(25)18-7-4-9-19(14-18)28(26,27)24-12-5-8-17-6-2-3-10-20(17)24;/h2-4,6-7,9-10,14,16,22H,5,8,11-13,15H2,1H3;1H. The molecule has 0 spiro atoms. The fourth-order valence-electron chi connectivity index (χ4n) is 3.97. The fourth-order valence-corrected chi connectivity index (χ4v) is 5.56. The largest absolute Gasteiger partial charge is 0.333 e. The number of hydrogen-bond donors (Lipinski definition) is 1. The number of benzene rings is 2. The molecular weight excluding hydrogens is 410 g/mol. The summed E-state index contributed by atoms with van der Waals surface area (Å²) in [6.07, 6.45) is 1.66. The molecule has 0 aliphatic carbocycles. The average molecular weight is 436 g/mol. The lowest BCUT2D eigenvalue weighted by atomic mass is 10.0. The van der Waals surface area contributed by atoms with Crippen molar-refractivity contribution in [1.29, 1.82) is 0 Å². The van der Waals surface area contributed by atoms with Crippen molar-refractivity contribution in [3.63, 3.8) is 0 Å². The van der Waals surface area contributed by atoms with Crippen molar-refractivity contribution in [2.45, 2.75) is 30.7 Å². The lowest BCUT2D eigenvalue weighted by molar-refractivity contribution is 0.0655. The van der Waals surface area contributed by atoms with Crippen LogP contribution in [0.15, 0.2) is 53.4 Å². The summed E-state index contributed by atoms with van der Waals surface area (Å²) >= 11 is 0. The summed E-state index contributed by atoms with van der Waals surface area (Å²) in [6.45, 7) is 4.56. The van der Waals surface area contributed by atoms with E-state index in [2.05, 4.69) is 5.32 Å². The lowest BCUT2D eigenvalue weighted by Gasteiger charge is -2.34. The van der Waals surface area contributed by atoms with E-state index in [1.165, 1.54) is 10.4 Å². The number of carbonyl (C=O) groups excluding carboxylic acids is 1. The molecule has 1 N–H and O–H groups in total. The maximum Gasteiger partial charge on any atom is 0.264 e. The molecule has 2 aromatic carbocycles. The van der Waals surface area contributed by atoms with Gasteiger partial charge in [-0.25, -0.2) is 8.42 Å². The number of hydrogen-bond acceptors (Lipinski definition) is 4. The molecule has 0 radical (unpaired) electrons. The van der Waals surface area contributed by atoms with E-state index in [1.807, 2.05) is 31.2 Å². The van der Waals surface area contributed by atoms with Gasteiger partial charge >= 0.3 is 0 Å². The second-order valence-corrected chi connectivity index (χ2v) is 9.25. The highest BCUT2D eigenvalue weighted by atomic mass is 35.5. The van der Waals surface area contributed by atoms with Crippen LogP contribution >= 0.6 is 12.4 Å². The van der Waals surface area contributed by atoms with Crippen molar-refractivity contribution in [2.75, 3.05) is 30.5 Å². The highest BCUT2D eigenvalue weighted by Gasteiger charge is 2.30. The molecule has 8 heteroatoms. The van der Waals surface area contributed by atoms with Gasteiger partial charge in [-0.3, -0.25) is 9.10 Å². The molecule has 1 unspecified atom stereocenters. The molecule has 0 bridgehead atoms. The van der Waals surface area contributed by atoms with Crippen molar-refractivity contribution >= 4 is 34.0 Å². The van der Waals surface area contributed by atoms with Crippen LogP contribution in [0.3, 0.4) is 0 Å². The first-order valence-corrected chi connectivity index (χ1v) is 11.1. The Bertz CT molecular complexity index is 996. The van der Waals surface area contributed by atoms with E-state index < -0.39 is 10.0 Å². The molecule has 1 amide bonds. The van der Waals surface area contributed by atoms with E-state index >= 15 is 0 Å². The Morgan fingerprint density at radius 3 is 2.69 bits per heavy atom. The topological polar surface area (TPSA) is 69.7 Å². The summed E-state index contributed by atoms with van der Waals surface area (Å²) < 4.78 is 28.2. The summed E-state index contributed by atoms with van der Waals surface area (Å²) in [7, 11) is -3.73. The van der Waals surface area contributed by atoms with Gasteiger partial charge in [0.1, 0.15) is 0 Å². The highest BCUT2D eigenvalue weighted by Crippen LogP contribution is 2.32. The summed E-state index contributed by atoms with van der Waals surface area (Å²) in [6, 6.07) is 14.1. The highest BCUT2D eigenvalue weighted by molar-refractivity contribution is 7.92. The van der Waals surface area contributed by atoms with Crippen LogP contribution in [0.25, 0.3) is 0 Å². The smallest absolute Gasteiger partial charge is 0.264 e. The molecule has 29 heavy (non-hydrogen) atoms. The fraction of sp³-hybridized carbons (Fsp3) is 0.381. The van der Waals surface area contributed by atoms with Crippen molar-refractivity contribution in [3.05, 3.63) is 59.7 Å². The molecule has 1 fully saturated rings. The summed E-state index contributed by atoms with van der Waals surface area (Å²) in [5.74, 6) is -0.120. The van der Waals surface area contributed by atoms with Crippen molar-refractivity contribution in [1.82, 2.24) is 10.2 Å². The van der Waals surface area contributed by atoms with Gasteiger partial charge < -0.3 is 10.2 Å². The molecule has 2 aromatic rings.